The number of phosphoric ester groups is 1. The Hall–Kier alpha value is -0.230. The predicted octanol–water partition coefficient (Wildman–Crippen LogP) is 0.530. The van der Waals surface area contributed by atoms with Gasteiger partial charge in [-0.2, -0.15) is 0 Å². The van der Waals surface area contributed by atoms with E-state index in [2.05, 4.69) is 16.0 Å². The fourth-order valence-electron chi connectivity index (χ4n) is 0.501. The van der Waals surface area contributed by atoms with Crippen LogP contribution in [0.5, 0.6) is 0 Å². The molecule has 0 aromatic rings. The number of hydrogen-bond donors (Lipinski definition) is 3. The van der Waals surface area contributed by atoms with Crippen LogP contribution in [0.3, 0.4) is 0 Å². The lowest BCUT2D eigenvalue weighted by molar-refractivity contribution is -0.267. The average molecular weight is 198 g/mol. The highest BCUT2D eigenvalue weighted by molar-refractivity contribution is 7.46. The van der Waals surface area contributed by atoms with Crippen molar-refractivity contribution in [3.05, 3.63) is 12.7 Å². The lowest BCUT2D eigenvalue weighted by atomic mass is 10.3. The molecule has 0 amide bonds. The van der Waals surface area contributed by atoms with Crippen molar-refractivity contribution in [3.63, 3.8) is 0 Å². The monoisotopic (exact) mass is 198 g/mol. The van der Waals surface area contributed by atoms with E-state index in [0.29, 0.717) is 0 Å². The third-order valence-corrected chi connectivity index (χ3v) is 1.58. The first-order valence-corrected chi connectivity index (χ1v) is 4.65. The molecule has 1 unspecified atom stereocenters. The molecule has 0 spiro atoms. The summed E-state index contributed by atoms with van der Waals surface area (Å²) >= 11 is 0. The molecule has 0 heterocycles. The largest absolute Gasteiger partial charge is 0.469 e. The van der Waals surface area contributed by atoms with Crippen LogP contribution in [0.25, 0.3) is 0 Å². The summed E-state index contributed by atoms with van der Waals surface area (Å²) in [5.41, 5.74) is 0. The second-order valence-electron chi connectivity index (χ2n) is 1.99. The molecule has 12 heavy (non-hydrogen) atoms. The zero-order valence-electron chi connectivity index (χ0n) is 6.29. The summed E-state index contributed by atoms with van der Waals surface area (Å²) in [6.07, 6.45) is 0.755. The summed E-state index contributed by atoms with van der Waals surface area (Å²) in [5, 5.41) is 8.13. The van der Waals surface area contributed by atoms with Crippen LogP contribution in [0.15, 0.2) is 12.7 Å². The molecule has 0 aromatic carbocycles. The fourth-order valence-corrected chi connectivity index (χ4v) is 0.845. The summed E-state index contributed by atoms with van der Waals surface area (Å²) in [5.74, 6) is 0. The van der Waals surface area contributed by atoms with Crippen molar-refractivity contribution in [2.45, 2.75) is 12.5 Å². The van der Waals surface area contributed by atoms with Crippen molar-refractivity contribution in [3.8, 4) is 0 Å². The molecule has 1 atom stereocenters. The van der Waals surface area contributed by atoms with Crippen molar-refractivity contribution in [2.75, 3.05) is 6.61 Å². The van der Waals surface area contributed by atoms with E-state index in [9.17, 15) is 4.57 Å². The van der Waals surface area contributed by atoms with Crippen LogP contribution in [-0.2, 0) is 14.0 Å². The second-order valence-corrected chi connectivity index (χ2v) is 3.23. The van der Waals surface area contributed by atoms with Crippen LogP contribution >= 0.6 is 7.82 Å². The minimum atomic E-state index is -4.41. The average Bonchev–Trinajstić information content (AvgIpc) is 1.96. The molecule has 72 valence electrons. The number of rotatable bonds is 6. The Labute approximate surface area is 69.6 Å². The summed E-state index contributed by atoms with van der Waals surface area (Å²) in [6.45, 7) is 3.11. The molecular formula is C5H11O6P. The van der Waals surface area contributed by atoms with Gasteiger partial charge in [0.05, 0.1) is 6.61 Å². The summed E-state index contributed by atoms with van der Waals surface area (Å²) in [7, 11) is -4.41. The lowest BCUT2D eigenvalue weighted by Crippen LogP contribution is -2.09. The van der Waals surface area contributed by atoms with Gasteiger partial charge in [-0.05, 0) is 0 Å². The van der Waals surface area contributed by atoms with Gasteiger partial charge in [-0.15, -0.1) is 6.58 Å². The van der Waals surface area contributed by atoms with Crippen LogP contribution in [0, 0.1) is 0 Å². The van der Waals surface area contributed by atoms with Gasteiger partial charge in [-0.25, -0.2) is 9.45 Å². The van der Waals surface area contributed by atoms with Crippen LogP contribution in [0.1, 0.15) is 6.42 Å². The minimum Gasteiger partial charge on any atom is -0.303 e. The molecule has 0 bridgehead atoms. The van der Waals surface area contributed by atoms with E-state index in [1.54, 1.807) is 0 Å². The van der Waals surface area contributed by atoms with E-state index < -0.39 is 13.9 Å². The van der Waals surface area contributed by atoms with E-state index in [0.717, 1.165) is 0 Å². The molecule has 0 rings (SSSR count). The summed E-state index contributed by atoms with van der Waals surface area (Å²) in [6, 6.07) is 0. The maximum atomic E-state index is 10.1. The molecule has 0 aliphatic rings. The predicted molar refractivity (Wildman–Crippen MR) is 40.3 cm³/mol. The van der Waals surface area contributed by atoms with Gasteiger partial charge in [0.2, 0.25) is 0 Å². The molecule has 0 radical (unpaired) electrons. The van der Waals surface area contributed by atoms with Gasteiger partial charge >= 0.3 is 7.82 Å². The molecule has 0 aliphatic carbocycles. The smallest absolute Gasteiger partial charge is 0.303 e. The molecular weight excluding hydrogens is 187 g/mol. The SMILES string of the molecule is C=CC(CCOP(=O)(O)O)OO. The highest BCUT2D eigenvalue weighted by Crippen LogP contribution is 2.35. The normalized spacial score (nSPS) is 14.2. The Kier molecular flexibility index (Phi) is 5.32. The molecule has 7 heteroatoms. The minimum absolute atomic E-state index is 0.130. The van der Waals surface area contributed by atoms with Crippen molar-refractivity contribution >= 4 is 7.82 Å². The Morgan fingerprint density at radius 1 is 1.58 bits per heavy atom. The Morgan fingerprint density at radius 2 is 2.17 bits per heavy atom. The van der Waals surface area contributed by atoms with E-state index in [1.165, 1.54) is 6.08 Å². The Morgan fingerprint density at radius 3 is 2.50 bits per heavy atom. The topological polar surface area (TPSA) is 96.2 Å². The first kappa shape index (κ1) is 11.8. The molecule has 6 nitrogen and oxygen atoms in total. The van der Waals surface area contributed by atoms with Crippen LogP contribution in [0.2, 0.25) is 0 Å². The maximum absolute atomic E-state index is 10.1. The van der Waals surface area contributed by atoms with Gasteiger partial charge < -0.3 is 9.79 Å². The zero-order chi connectivity index (χ0) is 9.61. The third-order valence-electron chi connectivity index (χ3n) is 1.06. The van der Waals surface area contributed by atoms with Gasteiger partial charge in [-0.3, -0.25) is 9.78 Å². The van der Waals surface area contributed by atoms with E-state index in [4.69, 9.17) is 15.0 Å². The first-order chi connectivity index (χ1) is 5.49. The van der Waals surface area contributed by atoms with E-state index >= 15 is 0 Å². The van der Waals surface area contributed by atoms with Gasteiger partial charge in [-0.1, -0.05) is 6.08 Å². The molecule has 0 saturated heterocycles. The van der Waals surface area contributed by atoms with Crippen LogP contribution in [-0.4, -0.2) is 27.8 Å². The zero-order valence-corrected chi connectivity index (χ0v) is 7.18. The molecule has 0 aliphatic heterocycles. The standard InChI is InChI=1S/C5H11O6P/c1-2-5(11-6)3-4-10-12(7,8)9/h2,5-6H,1,3-4H2,(H2,7,8,9). The highest BCUT2D eigenvalue weighted by atomic mass is 31.2. The quantitative estimate of drug-likeness (QED) is 0.249. The summed E-state index contributed by atoms with van der Waals surface area (Å²) in [4.78, 5) is 20.3. The van der Waals surface area contributed by atoms with Crippen molar-refractivity contribution in [1.29, 1.82) is 0 Å². The van der Waals surface area contributed by atoms with Crippen molar-refractivity contribution in [2.24, 2.45) is 0 Å². The maximum Gasteiger partial charge on any atom is 0.469 e. The lowest BCUT2D eigenvalue weighted by Gasteiger charge is -2.08. The van der Waals surface area contributed by atoms with E-state index in [-0.39, 0.29) is 13.0 Å². The van der Waals surface area contributed by atoms with E-state index in [1.807, 2.05) is 0 Å². The van der Waals surface area contributed by atoms with Gasteiger partial charge in [0.15, 0.2) is 0 Å². The third kappa shape index (κ3) is 6.48. The van der Waals surface area contributed by atoms with Crippen LogP contribution in [0.4, 0.5) is 0 Å². The first-order valence-electron chi connectivity index (χ1n) is 3.12. The fraction of sp³-hybridized carbons (Fsp3) is 0.600. The number of phosphoric acid groups is 1. The van der Waals surface area contributed by atoms with Crippen molar-refractivity contribution in [1.82, 2.24) is 0 Å². The van der Waals surface area contributed by atoms with Gasteiger partial charge in [0, 0.05) is 6.42 Å². The van der Waals surface area contributed by atoms with Crippen molar-refractivity contribution < 1.29 is 29.0 Å². The van der Waals surface area contributed by atoms with Gasteiger partial charge in [0.1, 0.15) is 6.10 Å². The second kappa shape index (κ2) is 5.42. The molecule has 0 aromatic heterocycles. The Bertz CT molecular complexity index is 175. The highest BCUT2D eigenvalue weighted by Gasteiger charge is 2.14. The molecule has 0 fully saturated rings. The number of hydrogen-bond acceptors (Lipinski definition) is 4. The molecule has 3 N–H and O–H groups in total. The van der Waals surface area contributed by atoms with Crippen LogP contribution < -0.4 is 0 Å². The Balaban J connectivity index is 3.55. The van der Waals surface area contributed by atoms with Gasteiger partial charge in [0.25, 0.3) is 0 Å². The molecule has 0 saturated carbocycles. The summed E-state index contributed by atoms with van der Waals surface area (Å²) < 4.78 is 14.2.